The second kappa shape index (κ2) is 15.6. The van der Waals surface area contributed by atoms with Crippen LogP contribution in [0.25, 0.3) is 0 Å². The van der Waals surface area contributed by atoms with Crippen LogP contribution in [0.3, 0.4) is 0 Å². The first-order chi connectivity index (χ1) is 10.6. The zero-order valence-corrected chi connectivity index (χ0v) is 15.8. The van der Waals surface area contributed by atoms with E-state index in [1.165, 1.54) is 19.3 Å². The van der Waals surface area contributed by atoms with E-state index in [2.05, 4.69) is 56.4 Å². The zero-order chi connectivity index (χ0) is 16.5. The first-order valence-corrected chi connectivity index (χ1v) is 10.4. The van der Waals surface area contributed by atoms with Crippen molar-refractivity contribution in [2.24, 2.45) is 0 Å². The van der Waals surface area contributed by atoms with E-state index in [1.54, 1.807) is 0 Å². The van der Waals surface area contributed by atoms with Gasteiger partial charge in [-0.1, -0.05) is 53.3 Å². The summed E-state index contributed by atoms with van der Waals surface area (Å²) in [6.45, 7) is -0.284. The molecular weight excluding hydrogens is 414 g/mol. The monoisotopic (exact) mass is 438 g/mol. The molecule has 0 rings (SSSR count). The predicted octanol–water partition coefficient (Wildman–Crippen LogP) is 3.87. The van der Waals surface area contributed by atoms with E-state index in [9.17, 15) is 9.46 Å². The maximum atomic E-state index is 11.2. The van der Waals surface area contributed by atoms with Gasteiger partial charge in [0.1, 0.15) is 0 Å². The molecule has 1 atom stereocenters. The molecule has 0 bridgehead atoms. The molecule has 1 unspecified atom stereocenters. The number of aliphatic hydroxyl groups excluding tert-OH is 1. The summed E-state index contributed by atoms with van der Waals surface area (Å²) in [5.41, 5.74) is 0. The highest BCUT2D eigenvalue weighted by Crippen LogP contribution is 2.40. The number of halogens is 1. The van der Waals surface area contributed by atoms with E-state index in [-0.39, 0.29) is 19.4 Å². The summed E-state index contributed by atoms with van der Waals surface area (Å²) in [4.78, 5) is 9.20. The minimum absolute atomic E-state index is 0.0775. The number of allylic oxidation sites excluding steroid dienone is 1. The fourth-order valence-corrected chi connectivity index (χ4v) is 2.65. The Bertz CT molecular complexity index is 468. The molecule has 22 heavy (non-hydrogen) atoms. The second-order valence-corrected chi connectivity index (χ2v) is 7.29. The van der Waals surface area contributed by atoms with Crippen LogP contribution in [0.5, 0.6) is 0 Å². The van der Waals surface area contributed by atoms with E-state index >= 15 is 0 Å². The zero-order valence-electron chi connectivity index (χ0n) is 12.8. The normalized spacial score (nSPS) is 13.0. The van der Waals surface area contributed by atoms with Gasteiger partial charge in [-0.25, -0.2) is 0 Å². The minimum Gasteiger partial charge on any atom is -0.396 e. The molecule has 0 amide bonds. The van der Waals surface area contributed by atoms with Crippen molar-refractivity contribution >= 4 is 30.2 Å². The lowest BCUT2D eigenvalue weighted by Crippen LogP contribution is -1.99. The van der Waals surface area contributed by atoms with Gasteiger partial charge in [-0.3, -0.25) is 4.57 Å². The van der Waals surface area contributed by atoms with Crippen molar-refractivity contribution < 1.29 is 19.1 Å². The summed E-state index contributed by atoms with van der Waals surface area (Å²) in [7, 11) is -3.64. The van der Waals surface area contributed by atoms with Crippen LogP contribution in [0, 0.1) is 23.7 Å². The van der Waals surface area contributed by atoms with Crippen LogP contribution in [-0.4, -0.2) is 29.4 Å². The number of aliphatic hydroxyl groups is 1. The van der Waals surface area contributed by atoms with Crippen LogP contribution in [0.1, 0.15) is 44.9 Å². The molecule has 0 aliphatic heterocycles. The third kappa shape index (κ3) is 16.1. The Morgan fingerprint density at radius 3 is 2.45 bits per heavy atom. The number of rotatable bonds is 11. The van der Waals surface area contributed by atoms with Crippen LogP contribution in [0.4, 0.5) is 0 Å². The Kier molecular flexibility index (Phi) is 15.4. The van der Waals surface area contributed by atoms with E-state index < -0.39 is 7.60 Å². The quantitative estimate of drug-likeness (QED) is 0.223. The van der Waals surface area contributed by atoms with E-state index in [0.717, 1.165) is 19.3 Å². The van der Waals surface area contributed by atoms with Crippen molar-refractivity contribution in [1.82, 2.24) is 0 Å². The molecule has 0 radical (unpaired) electrons. The Morgan fingerprint density at radius 1 is 1.09 bits per heavy atom. The maximum absolute atomic E-state index is 11.2. The van der Waals surface area contributed by atoms with E-state index in [1.807, 2.05) is 0 Å². The second-order valence-electron chi connectivity index (χ2n) is 4.59. The van der Waals surface area contributed by atoms with Gasteiger partial charge < -0.3 is 14.5 Å². The van der Waals surface area contributed by atoms with Crippen LogP contribution in [-0.2, 0) is 9.09 Å². The third-order valence-corrected chi connectivity index (χ3v) is 4.51. The van der Waals surface area contributed by atoms with Crippen LogP contribution < -0.4 is 0 Å². The molecule has 0 aromatic heterocycles. The average Bonchev–Trinajstić information content (AvgIpc) is 2.47. The largest absolute Gasteiger partial charge is 0.396 e. The molecule has 0 fully saturated rings. The molecule has 124 valence electrons. The van der Waals surface area contributed by atoms with Gasteiger partial charge in [0.15, 0.2) is 0 Å². The summed E-state index contributed by atoms with van der Waals surface area (Å²) in [6.07, 6.45) is 9.07. The number of hydrogen-bond acceptors (Lipinski definition) is 3. The topological polar surface area (TPSA) is 66.8 Å². The lowest BCUT2D eigenvalue weighted by Gasteiger charge is -2.08. The molecule has 0 aromatic carbocycles. The first-order valence-electron chi connectivity index (χ1n) is 7.40. The highest BCUT2D eigenvalue weighted by Gasteiger charge is 2.17. The standard InChI is InChI=1S/C16H24IO4P/c17-13-11-9-7-5-3-1-2-4-6-8-10-12-15-21-22(19,20)16-14-18/h11,13,18H,1-3,5,7,9,12,14-16H2,(H,19,20)/b13-11+. The van der Waals surface area contributed by atoms with Crippen molar-refractivity contribution in [1.29, 1.82) is 0 Å². The Morgan fingerprint density at radius 2 is 1.77 bits per heavy atom. The Balaban J connectivity index is 3.54. The van der Waals surface area contributed by atoms with E-state index in [4.69, 9.17) is 9.63 Å². The summed E-state index contributed by atoms with van der Waals surface area (Å²) in [6, 6.07) is 0. The van der Waals surface area contributed by atoms with Crippen molar-refractivity contribution in [3.8, 4) is 23.7 Å². The fraction of sp³-hybridized carbons (Fsp3) is 0.625. The molecule has 0 aliphatic rings. The van der Waals surface area contributed by atoms with Crippen LogP contribution in [0.2, 0.25) is 0 Å². The molecule has 0 spiro atoms. The summed E-state index contributed by atoms with van der Waals surface area (Å²) in [5.74, 6) is 11.2. The molecule has 2 N–H and O–H groups in total. The molecule has 6 heteroatoms. The highest BCUT2D eigenvalue weighted by molar-refractivity contribution is 14.1. The molecule has 0 aromatic rings. The SMILES string of the molecule is O=P(O)(CCO)OCCC#CC#CCCCCCC/C=C/I. The number of hydrogen-bond donors (Lipinski definition) is 2. The molecule has 0 heterocycles. The van der Waals surface area contributed by atoms with Gasteiger partial charge in [0.05, 0.1) is 19.4 Å². The van der Waals surface area contributed by atoms with Crippen molar-refractivity contribution in [2.45, 2.75) is 44.9 Å². The lowest BCUT2D eigenvalue weighted by atomic mass is 10.1. The minimum atomic E-state index is -3.64. The third-order valence-electron chi connectivity index (χ3n) is 2.65. The number of unbranched alkanes of at least 4 members (excludes halogenated alkanes) is 5. The van der Waals surface area contributed by atoms with Gasteiger partial charge >= 0.3 is 7.60 Å². The average molecular weight is 438 g/mol. The fourth-order valence-electron chi connectivity index (χ4n) is 1.54. The molecular formula is C16H24IO4P. The van der Waals surface area contributed by atoms with Crippen LogP contribution >= 0.6 is 30.2 Å². The van der Waals surface area contributed by atoms with Gasteiger partial charge in [0, 0.05) is 12.8 Å². The molecule has 0 saturated heterocycles. The van der Waals surface area contributed by atoms with Gasteiger partial charge in [0.25, 0.3) is 0 Å². The van der Waals surface area contributed by atoms with Gasteiger partial charge in [-0.05, 0) is 35.2 Å². The smallest absolute Gasteiger partial charge is 0.330 e. The predicted molar refractivity (Wildman–Crippen MR) is 98.8 cm³/mol. The maximum Gasteiger partial charge on any atom is 0.330 e. The van der Waals surface area contributed by atoms with Crippen molar-refractivity contribution in [3.05, 3.63) is 10.2 Å². The van der Waals surface area contributed by atoms with Crippen molar-refractivity contribution in [3.63, 3.8) is 0 Å². The van der Waals surface area contributed by atoms with Gasteiger partial charge in [-0.2, -0.15) is 0 Å². The van der Waals surface area contributed by atoms with E-state index in [0.29, 0.717) is 6.42 Å². The summed E-state index contributed by atoms with van der Waals surface area (Å²) >= 11 is 2.23. The highest BCUT2D eigenvalue weighted by atomic mass is 127. The summed E-state index contributed by atoms with van der Waals surface area (Å²) < 4.78 is 18.0. The van der Waals surface area contributed by atoms with Crippen LogP contribution in [0.15, 0.2) is 10.2 Å². The van der Waals surface area contributed by atoms with Gasteiger partial charge in [0.2, 0.25) is 0 Å². The molecule has 4 nitrogen and oxygen atoms in total. The molecule has 0 aliphatic carbocycles. The Labute approximate surface area is 147 Å². The molecule has 0 saturated carbocycles. The van der Waals surface area contributed by atoms with Gasteiger partial charge in [-0.15, -0.1) is 0 Å². The Hall–Kier alpha value is -0.300. The van der Waals surface area contributed by atoms with Crippen molar-refractivity contribution in [2.75, 3.05) is 19.4 Å². The summed E-state index contributed by atoms with van der Waals surface area (Å²) in [5, 5.41) is 8.56. The first kappa shape index (κ1) is 21.7. The lowest BCUT2D eigenvalue weighted by molar-refractivity contribution is 0.250.